The number of aromatic nitrogens is 2. The maximum atomic E-state index is 4.36. The molecule has 0 atom stereocenters. The molecule has 0 N–H and O–H groups in total. The van der Waals surface area contributed by atoms with E-state index in [4.69, 9.17) is 0 Å². The van der Waals surface area contributed by atoms with Crippen molar-refractivity contribution in [3.8, 4) is 0 Å². The molecule has 1 heterocycles. The van der Waals surface area contributed by atoms with Crippen molar-refractivity contribution < 1.29 is 0 Å². The second-order valence-electron chi connectivity index (χ2n) is 3.46. The second-order valence-corrected chi connectivity index (χ2v) is 3.46. The Morgan fingerprint density at radius 3 is 3.00 bits per heavy atom. The molecule has 14 heavy (non-hydrogen) atoms. The monoisotopic (exact) mass is 191 g/mol. The summed E-state index contributed by atoms with van der Waals surface area (Å²) in [5, 5.41) is 0. The van der Waals surface area contributed by atoms with Crippen LogP contribution >= 0.6 is 0 Å². The molecule has 0 amide bonds. The van der Waals surface area contributed by atoms with E-state index in [0.29, 0.717) is 0 Å². The molecule has 0 radical (unpaired) electrons. The van der Waals surface area contributed by atoms with Crippen LogP contribution in [-0.4, -0.2) is 9.55 Å². The first-order valence-corrected chi connectivity index (χ1v) is 4.91. The van der Waals surface area contributed by atoms with Crippen LogP contribution in [0.2, 0.25) is 0 Å². The minimum atomic E-state index is 0.913. The normalized spacial score (nSPS) is 11.5. The molecule has 0 fully saturated rings. The highest BCUT2D eigenvalue weighted by atomic mass is 15.0. The molecule has 0 aromatic carbocycles. The van der Waals surface area contributed by atoms with E-state index >= 15 is 0 Å². The maximum Gasteiger partial charge on any atom is 0.150 e. The van der Waals surface area contributed by atoms with Crippen molar-refractivity contribution in [1.29, 1.82) is 0 Å². The highest BCUT2D eigenvalue weighted by Gasteiger charge is 1.89. The average molecular weight is 191 g/mol. The van der Waals surface area contributed by atoms with Gasteiger partial charge in [0.15, 0.2) is 5.49 Å². The van der Waals surface area contributed by atoms with Gasteiger partial charge in [-0.05, 0) is 20.3 Å². The van der Waals surface area contributed by atoms with Gasteiger partial charge in [0.2, 0.25) is 0 Å². The third-order valence-corrected chi connectivity index (χ3v) is 1.74. The fraction of sp³-hybridized carbons (Fsp3) is 0.455. The van der Waals surface area contributed by atoms with Crippen LogP contribution in [0.1, 0.15) is 27.2 Å². The van der Waals surface area contributed by atoms with E-state index in [1.807, 2.05) is 26.2 Å². The highest BCUT2D eigenvalue weighted by molar-refractivity contribution is 4.93. The largest absolute Gasteiger partial charge is 0.330 e. The van der Waals surface area contributed by atoms with Gasteiger partial charge in [0, 0.05) is 25.1 Å². The number of hydrogen-bond donors (Lipinski definition) is 0. The molecule has 0 aliphatic heterocycles. The fourth-order valence-corrected chi connectivity index (χ4v) is 1.11. The molecule has 76 valence electrons. The Hall–Kier alpha value is -1.38. The van der Waals surface area contributed by atoms with Crippen molar-refractivity contribution in [2.24, 2.45) is 4.99 Å². The summed E-state index contributed by atoms with van der Waals surface area (Å²) < 4.78 is 2.10. The predicted molar refractivity (Wildman–Crippen MR) is 57.5 cm³/mol. The van der Waals surface area contributed by atoms with Crippen molar-refractivity contribution in [3.05, 3.63) is 35.9 Å². The van der Waals surface area contributed by atoms with Crippen LogP contribution in [0.5, 0.6) is 0 Å². The van der Waals surface area contributed by atoms with Gasteiger partial charge in [-0.3, -0.25) is 4.98 Å². The zero-order chi connectivity index (χ0) is 10.4. The number of hydrogen-bond acceptors (Lipinski definition) is 2. The van der Waals surface area contributed by atoms with Crippen LogP contribution in [0.4, 0.5) is 0 Å². The minimum Gasteiger partial charge on any atom is -0.330 e. The summed E-state index contributed by atoms with van der Waals surface area (Å²) in [6.45, 7) is 7.20. The minimum absolute atomic E-state index is 0.913. The van der Waals surface area contributed by atoms with Crippen LogP contribution in [0.15, 0.2) is 35.4 Å². The fourth-order valence-electron chi connectivity index (χ4n) is 1.11. The van der Waals surface area contributed by atoms with Crippen molar-refractivity contribution in [3.63, 3.8) is 0 Å². The van der Waals surface area contributed by atoms with Crippen molar-refractivity contribution in [2.75, 3.05) is 0 Å². The van der Waals surface area contributed by atoms with Gasteiger partial charge in [-0.15, -0.1) is 0 Å². The molecule has 0 aliphatic rings. The molecule has 0 aliphatic carbocycles. The molecule has 0 saturated heterocycles. The van der Waals surface area contributed by atoms with Gasteiger partial charge in [-0.25, -0.2) is 4.99 Å². The lowest BCUT2D eigenvalue weighted by molar-refractivity contribution is 0.638. The Morgan fingerprint density at radius 1 is 1.57 bits per heavy atom. The first-order chi connectivity index (χ1) is 6.74. The van der Waals surface area contributed by atoms with Crippen LogP contribution in [0.3, 0.4) is 0 Å². The summed E-state index contributed by atoms with van der Waals surface area (Å²) >= 11 is 0. The summed E-state index contributed by atoms with van der Waals surface area (Å²) in [6.07, 6.45) is 8.50. The summed E-state index contributed by atoms with van der Waals surface area (Å²) in [4.78, 5) is 8.42. The molecular formula is C11H17N3. The highest BCUT2D eigenvalue weighted by Crippen LogP contribution is 1.88. The van der Waals surface area contributed by atoms with E-state index in [9.17, 15) is 0 Å². The van der Waals surface area contributed by atoms with E-state index in [1.165, 1.54) is 5.57 Å². The topological polar surface area (TPSA) is 30.2 Å². The lowest BCUT2D eigenvalue weighted by Crippen LogP contribution is -2.20. The standard InChI is InChI=1S/C11H17N3/c1-4-6-14-7-5-12-9-11(14)13-8-10(2)3/h5,7-9H,4,6H2,1-3H3/b13-11-. The molecule has 0 bridgehead atoms. The second kappa shape index (κ2) is 5.37. The van der Waals surface area contributed by atoms with Gasteiger partial charge >= 0.3 is 0 Å². The van der Waals surface area contributed by atoms with Gasteiger partial charge in [0.25, 0.3) is 0 Å². The quantitative estimate of drug-likeness (QED) is 0.719. The third kappa shape index (κ3) is 3.17. The summed E-state index contributed by atoms with van der Waals surface area (Å²) in [5.41, 5.74) is 2.10. The summed E-state index contributed by atoms with van der Waals surface area (Å²) in [6, 6.07) is 0. The molecule has 0 unspecified atom stereocenters. The maximum absolute atomic E-state index is 4.36. The van der Waals surface area contributed by atoms with E-state index in [0.717, 1.165) is 18.5 Å². The Morgan fingerprint density at radius 2 is 2.36 bits per heavy atom. The Bertz CT molecular complexity index is 370. The number of nitrogens with zero attached hydrogens (tertiary/aromatic N) is 3. The molecular weight excluding hydrogens is 174 g/mol. The van der Waals surface area contributed by atoms with Crippen molar-refractivity contribution in [2.45, 2.75) is 33.7 Å². The number of rotatable bonds is 3. The van der Waals surface area contributed by atoms with Gasteiger partial charge in [-0.1, -0.05) is 12.5 Å². The van der Waals surface area contributed by atoms with Gasteiger partial charge < -0.3 is 4.57 Å². The Kier molecular flexibility index (Phi) is 4.11. The van der Waals surface area contributed by atoms with Gasteiger partial charge in [-0.2, -0.15) is 0 Å². The SMILES string of the molecule is CCCn1ccnc/c1=N/C=C(C)C. The van der Waals surface area contributed by atoms with Crippen LogP contribution in [0.25, 0.3) is 0 Å². The van der Waals surface area contributed by atoms with Gasteiger partial charge in [0.05, 0.1) is 6.20 Å². The number of allylic oxidation sites excluding steroid dienone is 1. The first-order valence-electron chi connectivity index (χ1n) is 4.91. The van der Waals surface area contributed by atoms with Crippen LogP contribution in [-0.2, 0) is 6.54 Å². The van der Waals surface area contributed by atoms with Crippen LogP contribution < -0.4 is 5.49 Å². The molecule has 1 aromatic heterocycles. The third-order valence-electron chi connectivity index (χ3n) is 1.74. The Balaban J connectivity index is 3.06. The van der Waals surface area contributed by atoms with E-state index in [2.05, 4.69) is 21.5 Å². The molecule has 3 nitrogen and oxygen atoms in total. The van der Waals surface area contributed by atoms with Crippen molar-refractivity contribution >= 4 is 0 Å². The lowest BCUT2D eigenvalue weighted by Gasteiger charge is -2.03. The van der Waals surface area contributed by atoms with Crippen molar-refractivity contribution in [1.82, 2.24) is 9.55 Å². The molecule has 1 rings (SSSR count). The average Bonchev–Trinajstić information content (AvgIpc) is 2.17. The summed E-state index contributed by atoms with van der Waals surface area (Å²) in [5.74, 6) is 0. The summed E-state index contributed by atoms with van der Waals surface area (Å²) in [7, 11) is 0. The number of aryl methyl sites for hydroxylation is 1. The molecule has 3 heteroatoms. The van der Waals surface area contributed by atoms with Crippen LogP contribution in [0, 0.1) is 0 Å². The van der Waals surface area contributed by atoms with E-state index < -0.39 is 0 Å². The predicted octanol–water partition coefficient (Wildman–Crippen LogP) is 2.12. The lowest BCUT2D eigenvalue weighted by atomic mass is 10.4. The molecule has 0 spiro atoms. The zero-order valence-electron chi connectivity index (χ0n) is 9.07. The Labute approximate surface area is 84.8 Å². The smallest absolute Gasteiger partial charge is 0.150 e. The first kappa shape index (κ1) is 10.7. The molecule has 1 aromatic rings. The zero-order valence-corrected chi connectivity index (χ0v) is 9.07. The van der Waals surface area contributed by atoms with E-state index in [-0.39, 0.29) is 0 Å². The molecule has 0 saturated carbocycles. The van der Waals surface area contributed by atoms with E-state index in [1.54, 1.807) is 12.4 Å². The van der Waals surface area contributed by atoms with Gasteiger partial charge in [0.1, 0.15) is 0 Å².